The normalized spacial score (nSPS) is 10.9. The quantitative estimate of drug-likeness (QED) is 0.488. The van der Waals surface area contributed by atoms with Crippen LogP contribution in [-0.2, 0) is 6.42 Å². The fraction of sp³-hybridized carbons (Fsp3) is 0.214. The Morgan fingerprint density at radius 2 is 2.19 bits per heavy atom. The van der Waals surface area contributed by atoms with Crippen LogP contribution >= 0.6 is 15.9 Å². The van der Waals surface area contributed by atoms with Gasteiger partial charge in [-0.15, -0.1) is 0 Å². The number of pyridine rings is 1. The van der Waals surface area contributed by atoms with Crippen molar-refractivity contribution in [3.05, 3.63) is 41.0 Å². The third kappa shape index (κ3) is 3.13. The van der Waals surface area contributed by atoms with E-state index < -0.39 is 0 Å². The molecule has 0 atom stereocenters. The number of aryl methyl sites for hydroxylation is 1. The van der Waals surface area contributed by atoms with Crippen molar-refractivity contribution >= 4 is 38.2 Å². The monoisotopic (exact) mass is 346 g/mol. The lowest BCUT2D eigenvalue weighted by Gasteiger charge is -2.10. The number of fused-ring (bicyclic) bond motifs is 1. The predicted molar refractivity (Wildman–Crippen MR) is 87.0 cm³/mol. The van der Waals surface area contributed by atoms with Gasteiger partial charge in [0.1, 0.15) is 12.2 Å². The van der Waals surface area contributed by atoms with Gasteiger partial charge in [-0.1, -0.05) is 0 Å². The number of anilines is 2. The van der Waals surface area contributed by atoms with Crippen molar-refractivity contribution in [3.63, 3.8) is 0 Å². The van der Waals surface area contributed by atoms with Gasteiger partial charge in [0.05, 0.1) is 11.2 Å². The van der Waals surface area contributed by atoms with Crippen molar-refractivity contribution in [2.45, 2.75) is 12.8 Å². The van der Waals surface area contributed by atoms with E-state index in [1.165, 1.54) is 6.33 Å². The van der Waals surface area contributed by atoms with Crippen LogP contribution in [0.5, 0.6) is 0 Å². The number of nitrogens with zero attached hydrogens (tertiary/aromatic N) is 3. The number of benzene rings is 1. The van der Waals surface area contributed by atoms with Crippen LogP contribution in [0, 0.1) is 0 Å². The molecule has 6 nitrogen and oxygen atoms in total. The topological polar surface area (TPSA) is 92.5 Å². The molecular formula is C14H15BrN6. The summed E-state index contributed by atoms with van der Waals surface area (Å²) >= 11 is 3.42. The average Bonchev–Trinajstić information content (AvgIpc) is 2.99. The van der Waals surface area contributed by atoms with E-state index in [0.29, 0.717) is 0 Å². The van der Waals surface area contributed by atoms with Gasteiger partial charge in [0.2, 0.25) is 0 Å². The van der Waals surface area contributed by atoms with E-state index in [9.17, 15) is 0 Å². The van der Waals surface area contributed by atoms with E-state index >= 15 is 0 Å². The second kappa shape index (κ2) is 6.09. The van der Waals surface area contributed by atoms with Crippen molar-refractivity contribution in [2.75, 3.05) is 17.6 Å². The highest BCUT2D eigenvalue weighted by molar-refractivity contribution is 9.10. The first-order valence-corrected chi connectivity index (χ1v) is 7.45. The summed E-state index contributed by atoms with van der Waals surface area (Å²) in [5, 5.41) is 11.0. The highest BCUT2D eigenvalue weighted by Gasteiger charge is 2.06. The first-order valence-electron chi connectivity index (χ1n) is 6.66. The molecule has 0 unspecified atom stereocenters. The van der Waals surface area contributed by atoms with Gasteiger partial charge < -0.3 is 11.1 Å². The summed E-state index contributed by atoms with van der Waals surface area (Å²) in [6.07, 6.45) is 5.12. The Balaban J connectivity index is 1.70. The SMILES string of the molecule is Nc1ccc(NCCCc2ncn[nH]2)c2ncc(Br)cc12. The summed E-state index contributed by atoms with van der Waals surface area (Å²) in [6, 6.07) is 5.85. The summed E-state index contributed by atoms with van der Waals surface area (Å²) in [5.74, 6) is 0.904. The number of nitrogen functional groups attached to an aromatic ring is 1. The third-order valence-corrected chi connectivity index (χ3v) is 3.65. The smallest absolute Gasteiger partial charge is 0.137 e. The van der Waals surface area contributed by atoms with Crippen LogP contribution in [0.2, 0.25) is 0 Å². The molecule has 2 heterocycles. The molecule has 0 aliphatic heterocycles. The molecule has 7 heteroatoms. The number of nitrogens with one attached hydrogen (secondary N) is 2. The van der Waals surface area contributed by atoms with Gasteiger partial charge in [0, 0.05) is 34.7 Å². The maximum atomic E-state index is 6.01. The molecule has 0 bridgehead atoms. The minimum Gasteiger partial charge on any atom is -0.398 e. The molecule has 0 fully saturated rings. The maximum absolute atomic E-state index is 6.01. The Hall–Kier alpha value is -2.15. The first-order chi connectivity index (χ1) is 10.2. The van der Waals surface area contributed by atoms with Gasteiger partial charge in [-0.3, -0.25) is 10.1 Å². The van der Waals surface area contributed by atoms with Gasteiger partial charge in [-0.05, 0) is 40.5 Å². The molecule has 0 saturated heterocycles. The molecule has 0 amide bonds. The largest absolute Gasteiger partial charge is 0.398 e. The Morgan fingerprint density at radius 1 is 1.29 bits per heavy atom. The molecule has 3 aromatic rings. The molecular weight excluding hydrogens is 332 g/mol. The average molecular weight is 347 g/mol. The fourth-order valence-corrected chi connectivity index (χ4v) is 2.52. The van der Waals surface area contributed by atoms with Crippen LogP contribution in [-0.4, -0.2) is 26.7 Å². The van der Waals surface area contributed by atoms with Crippen LogP contribution in [0.1, 0.15) is 12.2 Å². The maximum Gasteiger partial charge on any atom is 0.137 e. The summed E-state index contributed by atoms with van der Waals surface area (Å²) in [5.41, 5.74) is 8.61. The zero-order chi connectivity index (χ0) is 14.7. The van der Waals surface area contributed by atoms with E-state index in [0.717, 1.165) is 52.0 Å². The standard InChI is InChI=1S/C14H15BrN6/c15-9-6-10-11(16)3-4-12(14(10)18-7-9)17-5-1-2-13-19-8-20-21-13/h3-4,6-8,17H,1-2,5,16H2,(H,19,20,21). The van der Waals surface area contributed by atoms with Gasteiger partial charge >= 0.3 is 0 Å². The number of hydrogen-bond acceptors (Lipinski definition) is 5. The highest BCUT2D eigenvalue weighted by atomic mass is 79.9. The number of aromatic amines is 1. The number of hydrogen-bond donors (Lipinski definition) is 3. The van der Waals surface area contributed by atoms with E-state index in [1.807, 2.05) is 18.2 Å². The molecule has 3 rings (SSSR count). The van der Waals surface area contributed by atoms with Gasteiger partial charge in [-0.2, -0.15) is 5.10 Å². The molecule has 0 aliphatic rings. The van der Waals surface area contributed by atoms with E-state index in [1.54, 1.807) is 6.20 Å². The van der Waals surface area contributed by atoms with Crippen LogP contribution in [0.15, 0.2) is 35.2 Å². The molecule has 4 N–H and O–H groups in total. The van der Waals surface area contributed by atoms with Crippen LogP contribution < -0.4 is 11.1 Å². The van der Waals surface area contributed by atoms with Crippen LogP contribution in [0.3, 0.4) is 0 Å². The second-order valence-electron chi connectivity index (χ2n) is 4.71. The number of rotatable bonds is 5. The molecule has 0 radical (unpaired) electrons. The highest BCUT2D eigenvalue weighted by Crippen LogP contribution is 2.28. The molecule has 0 saturated carbocycles. The number of nitrogens with two attached hydrogens (primary N) is 1. The summed E-state index contributed by atoms with van der Waals surface area (Å²) in [7, 11) is 0. The molecule has 0 spiro atoms. The van der Waals surface area contributed by atoms with Crippen molar-refractivity contribution in [3.8, 4) is 0 Å². The van der Waals surface area contributed by atoms with Gasteiger partial charge in [0.25, 0.3) is 0 Å². The fourth-order valence-electron chi connectivity index (χ4n) is 2.19. The predicted octanol–water partition coefficient (Wildman–Crippen LogP) is 2.74. The van der Waals surface area contributed by atoms with E-state index in [4.69, 9.17) is 5.73 Å². The van der Waals surface area contributed by atoms with Gasteiger partial charge in [0.15, 0.2) is 0 Å². The second-order valence-corrected chi connectivity index (χ2v) is 5.63. The number of halogens is 1. The summed E-state index contributed by atoms with van der Waals surface area (Å²) in [4.78, 5) is 8.56. The first kappa shape index (κ1) is 13.8. The Kier molecular flexibility index (Phi) is 4.01. The Morgan fingerprint density at radius 3 is 3.00 bits per heavy atom. The summed E-state index contributed by atoms with van der Waals surface area (Å²) < 4.78 is 0.921. The van der Waals surface area contributed by atoms with Crippen molar-refractivity contribution in [1.29, 1.82) is 0 Å². The zero-order valence-corrected chi connectivity index (χ0v) is 12.9. The minimum atomic E-state index is 0.728. The van der Waals surface area contributed by atoms with Crippen molar-refractivity contribution < 1.29 is 0 Å². The minimum absolute atomic E-state index is 0.728. The van der Waals surface area contributed by atoms with E-state index in [2.05, 4.69) is 41.4 Å². The molecule has 21 heavy (non-hydrogen) atoms. The number of aromatic nitrogens is 4. The molecule has 2 aromatic heterocycles. The van der Waals surface area contributed by atoms with Crippen molar-refractivity contribution in [1.82, 2.24) is 20.2 Å². The summed E-state index contributed by atoms with van der Waals surface area (Å²) in [6.45, 7) is 0.831. The third-order valence-electron chi connectivity index (χ3n) is 3.22. The van der Waals surface area contributed by atoms with Crippen LogP contribution in [0.25, 0.3) is 10.9 Å². The number of H-pyrrole nitrogens is 1. The molecule has 1 aromatic carbocycles. The van der Waals surface area contributed by atoms with Crippen molar-refractivity contribution in [2.24, 2.45) is 0 Å². The lowest BCUT2D eigenvalue weighted by atomic mass is 10.1. The lowest BCUT2D eigenvalue weighted by Crippen LogP contribution is -2.05. The van der Waals surface area contributed by atoms with E-state index in [-0.39, 0.29) is 0 Å². The van der Waals surface area contributed by atoms with Gasteiger partial charge in [-0.25, -0.2) is 4.98 Å². The Bertz CT molecular complexity index is 741. The molecule has 108 valence electrons. The zero-order valence-electron chi connectivity index (χ0n) is 11.3. The lowest BCUT2D eigenvalue weighted by molar-refractivity contribution is 0.806. The molecule has 0 aliphatic carbocycles. The van der Waals surface area contributed by atoms with Crippen LogP contribution in [0.4, 0.5) is 11.4 Å². The Labute approximate surface area is 130 Å².